The molecular formula is C23H16BrClN4O4. The molecule has 1 heterocycles. The number of hydrogen-bond donors (Lipinski definition) is 0. The third-order valence-corrected chi connectivity index (χ3v) is 5.58. The quantitative estimate of drug-likeness (QED) is 0.187. The van der Waals surface area contributed by atoms with Crippen LogP contribution in [0.15, 0.2) is 75.0 Å². The van der Waals surface area contributed by atoms with E-state index in [-0.39, 0.29) is 17.9 Å². The summed E-state index contributed by atoms with van der Waals surface area (Å²) < 4.78 is 7.74. The zero-order chi connectivity index (χ0) is 23.5. The van der Waals surface area contributed by atoms with Crippen molar-refractivity contribution >= 4 is 50.3 Å². The van der Waals surface area contributed by atoms with Crippen molar-refractivity contribution < 1.29 is 9.66 Å². The molecule has 166 valence electrons. The summed E-state index contributed by atoms with van der Waals surface area (Å²) in [6, 6.07) is 16.5. The Bertz CT molecular complexity index is 1450. The number of benzene rings is 3. The van der Waals surface area contributed by atoms with Crippen LogP contribution >= 0.6 is 27.5 Å². The van der Waals surface area contributed by atoms with Crippen LogP contribution in [0.25, 0.3) is 10.9 Å². The van der Waals surface area contributed by atoms with Crippen molar-refractivity contribution in [2.24, 2.45) is 5.10 Å². The van der Waals surface area contributed by atoms with Crippen molar-refractivity contribution in [1.29, 1.82) is 0 Å². The summed E-state index contributed by atoms with van der Waals surface area (Å²) in [5, 5.41) is 15.9. The van der Waals surface area contributed by atoms with Crippen LogP contribution in [0.3, 0.4) is 0 Å². The van der Waals surface area contributed by atoms with Crippen LogP contribution in [0.1, 0.15) is 17.0 Å². The van der Waals surface area contributed by atoms with Gasteiger partial charge in [-0.2, -0.15) is 9.78 Å². The van der Waals surface area contributed by atoms with Crippen molar-refractivity contribution in [3.63, 3.8) is 0 Å². The number of nitro groups is 1. The van der Waals surface area contributed by atoms with Crippen molar-refractivity contribution in [1.82, 2.24) is 9.66 Å². The average molecular weight is 528 g/mol. The lowest BCUT2D eigenvalue weighted by Gasteiger charge is -2.09. The molecule has 10 heteroatoms. The summed E-state index contributed by atoms with van der Waals surface area (Å²) in [4.78, 5) is 27.6. The molecule has 0 unspecified atom stereocenters. The van der Waals surface area contributed by atoms with E-state index in [0.29, 0.717) is 33.1 Å². The van der Waals surface area contributed by atoms with Crippen LogP contribution in [0.5, 0.6) is 5.75 Å². The number of hydrogen-bond acceptors (Lipinski definition) is 6. The summed E-state index contributed by atoms with van der Waals surface area (Å²) in [7, 11) is 0. The van der Waals surface area contributed by atoms with Gasteiger partial charge in [-0.05, 0) is 66.6 Å². The number of fused-ring (bicyclic) bond motifs is 1. The first-order valence-electron chi connectivity index (χ1n) is 9.71. The van der Waals surface area contributed by atoms with Gasteiger partial charge in [-0.3, -0.25) is 14.9 Å². The van der Waals surface area contributed by atoms with Gasteiger partial charge in [0, 0.05) is 16.6 Å². The van der Waals surface area contributed by atoms with E-state index in [1.54, 1.807) is 49.4 Å². The highest BCUT2D eigenvalue weighted by Crippen LogP contribution is 2.26. The number of nitrogens with zero attached hydrogens (tertiary/aromatic N) is 4. The van der Waals surface area contributed by atoms with Gasteiger partial charge in [0.25, 0.3) is 11.2 Å². The predicted octanol–water partition coefficient (Wildman–Crippen LogP) is 5.49. The van der Waals surface area contributed by atoms with Gasteiger partial charge in [0.1, 0.15) is 18.2 Å². The Hall–Kier alpha value is -3.56. The molecule has 0 atom stereocenters. The Morgan fingerprint density at radius 1 is 1.18 bits per heavy atom. The molecule has 33 heavy (non-hydrogen) atoms. The third kappa shape index (κ3) is 5.10. The SMILES string of the molecule is Cc1nc2ccc(Br)cc2c(=O)n1N=Cc1ccc(OCc2ccc([N+](=O)[O-])cc2)c(Cl)c1. The number of ether oxygens (including phenoxy) is 1. The lowest BCUT2D eigenvalue weighted by atomic mass is 10.2. The lowest BCUT2D eigenvalue weighted by Crippen LogP contribution is -2.20. The molecule has 4 rings (SSSR count). The normalized spacial score (nSPS) is 11.2. The minimum absolute atomic E-state index is 0.0176. The molecule has 0 amide bonds. The number of halogens is 2. The Morgan fingerprint density at radius 3 is 2.64 bits per heavy atom. The van der Waals surface area contributed by atoms with Crippen LogP contribution in [-0.2, 0) is 6.61 Å². The van der Waals surface area contributed by atoms with Crippen LogP contribution in [0.2, 0.25) is 5.02 Å². The van der Waals surface area contributed by atoms with Gasteiger partial charge in [-0.15, -0.1) is 0 Å². The van der Waals surface area contributed by atoms with Crippen molar-refractivity contribution in [3.8, 4) is 5.75 Å². The molecule has 4 aromatic rings. The van der Waals surface area contributed by atoms with E-state index in [2.05, 4.69) is 26.0 Å². The number of aryl methyl sites for hydroxylation is 1. The number of aromatic nitrogens is 2. The third-order valence-electron chi connectivity index (χ3n) is 4.79. The van der Waals surface area contributed by atoms with Gasteiger partial charge >= 0.3 is 0 Å². The highest BCUT2D eigenvalue weighted by atomic mass is 79.9. The fourth-order valence-corrected chi connectivity index (χ4v) is 3.71. The second-order valence-electron chi connectivity index (χ2n) is 7.08. The topological polar surface area (TPSA) is 99.6 Å². The highest BCUT2D eigenvalue weighted by Gasteiger charge is 2.09. The molecule has 0 aliphatic rings. The largest absolute Gasteiger partial charge is 0.487 e. The van der Waals surface area contributed by atoms with Crippen molar-refractivity contribution in [2.45, 2.75) is 13.5 Å². The first-order valence-corrected chi connectivity index (χ1v) is 10.9. The van der Waals surface area contributed by atoms with E-state index in [9.17, 15) is 14.9 Å². The second kappa shape index (κ2) is 9.51. The summed E-state index contributed by atoms with van der Waals surface area (Å²) in [5.41, 5.74) is 1.79. The molecule has 0 radical (unpaired) electrons. The molecule has 0 spiro atoms. The molecule has 3 aromatic carbocycles. The first kappa shape index (κ1) is 22.6. The summed E-state index contributed by atoms with van der Waals surface area (Å²) in [6.07, 6.45) is 1.52. The van der Waals surface area contributed by atoms with Gasteiger partial charge in [0.05, 0.1) is 27.1 Å². The predicted molar refractivity (Wildman–Crippen MR) is 130 cm³/mol. The Kier molecular flexibility index (Phi) is 6.52. The maximum absolute atomic E-state index is 12.8. The molecule has 8 nitrogen and oxygen atoms in total. The molecule has 0 aliphatic heterocycles. The van der Waals surface area contributed by atoms with Crippen LogP contribution in [0, 0.1) is 17.0 Å². The Balaban J connectivity index is 1.51. The van der Waals surface area contributed by atoms with E-state index >= 15 is 0 Å². The van der Waals surface area contributed by atoms with Gasteiger partial charge in [0.15, 0.2) is 0 Å². The monoisotopic (exact) mass is 526 g/mol. The minimum atomic E-state index is -0.454. The zero-order valence-corrected chi connectivity index (χ0v) is 19.6. The smallest absolute Gasteiger partial charge is 0.282 e. The molecule has 0 N–H and O–H groups in total. The van der Waals surface area contributed by atoms with Crippen molar-refractivity contribution in [3.05, 3.63) is 108 Å². The first-order chi connectivity index (χ1) is 15.8. The van der Waals surface area contributed by atoms with Gasteiger partial charge < -0.3 is 4.74 Å². The Labute approximate surface area is 201 Å². The zero-order valence-electron chi connectivity index (χ0n) is 17.2. The van der Waals surface area contributed by atoms with Crippen molar-refractivity contribution in [2.75, 3.05) is 0 Å². The minimum Gasteiger partial charge on any atom is -0.487 e. The Morgan fingerprint density at radius 2 is 1.94 bits per heavy atom. The van der Waals surface area contributed by atoms with Gasteiger partial charge in [-0.25, -0.2) is 4.98 Å². The fraction of sp³-hybridized carbons (Fsp3) is 0.0870. The molecule has 0 saturated heterocycles. The van der Waals surface area contributed by atoms with E-state index in [0.717, 1.165) is 10.0 Å². The summed E-state index contributed by atoms with van der Waals surface area (Å²) in [6.45, 7) is 1.92. The summed E-state index contributed by atoms with van der Waals surface area (Å²) >= 11 is 9.71. The van der Waals surface area contributed by atoms with Gasteiger partial charge in [0.2, 0.25) is 0 Å². The molecule has 0 saturated carbocycles. The number of non-ortho nitro benzene ring substituents is 1. The highest BCUT2D eigenvalue weighted by molar-refractivity contribution is 9.10. The molecule has 0 bridgehead atoms. The fourth-order valence-electron chi connectivity index (χ4n) is 3.11. The second-order valence-corrected chi connectivity index (χ2v) is 8.41. The van der Waals surface area contributed by atoms with E-state index in [4.69, 9.17) is 16.3 Å². The van der Waals surface area contributed by atoms with Crippen LogP contribution in [0.4, 0.5) is 5.69 Å². The molecule has 0 fully saturated rings. The van der Waals surface area contributed by atoms with E-state index in [1.165, 1.54) is 23.0 Å². The van der Waals surface area contributed by atoms with E-state index in [1.807, 2.05) is 6.07 Å². The standard InChI is InChI=1S/C23H16BrClN4O4/c1-14-27-21-8-5-17(24)11-19(21)23(30)28(14)26-12-16-4-9-22(20(25)10-16)33-13-15-2-6-18(7-3-15)29(31)32/h2-12H,13H2,1H3. The molecule has 1 aromatic heterocycles. The lowest BCUT2D eigenvalue weighted by molar-refractivity contribution is -0.384. The number of rotatable bonds is 6. The van der Waals surface area contributed by atoms with Gasteiger partial charge in [-0.1, -0.05) is 27.5 Å². The van der Waals surface area contributed by atoms with Crippen LogP contribution in [-0.4, -0.2) is 20.8 Å². The van der Waals surface area contributed by atoms with E-state index < -0.39 is 4.92 Å². The summed E-state index contributed by atoms with van der Waals surface area (Å²) in [5.74, 6) is 0.915. The maximum atomic E-state index is 12.8. The molecule has 0 aliphatic carbocycles. The number of nitro benzene ring substituents is 1. The maximum Gasteiger partial charge on any atom is 0.282 e. The average Bonchev–Trinajstić information content (AvgIpc) is 2.79. The van der Waals surface area contributed by atoms with Crippen LogP contribution < -0.4 is 10.3 Å². The molecular weight excluding hydrogens is 512 g/mol.